The van der Waals surface area contributed by atoms with Crippen LogP contribution in [0.1, 0.15) is 47.8 Å². The average Bonchev–Trinajstić information content (AvgIpc) is 2.48. The van der Waals surface area contributed by atoms with E-state index < -0.39 is 40.2 Å². The molecule has 0 aromatic heterocycles. The second-order valence-corrected chi connectivity index (χ2v) is 4.96. The molecule has 0 radical (unpaired) electrons. The highest BCUT2D eigenvalue weighted by atomic mass is 16.4. The highest BCUT2D eigenvalue weighted by molar-refractivity contribution is 6.31. The zero-order valence-electron chi connectivity index (χ0n) is 11.4. The number of carbonyl (C=O) groups excluding carboxylic acids is 2. The van der Waals surface area contributed by atoms with E-state index >= 15 is 0 Å². The number of carboxylic acid groups (broad SMARTS) is 1. The third-order valence-corrected chi connectivity index (χ3v) is 3.77. The molecule has 22 heavy (non-hydrogen) atoms. The van der Waals surface area contributed by atoms with Crippen molar-refractivity contribution in [2.45, 2.75) is 6.92 Å². The van der Waals surface area contributed by atoms with Gasteiger partial charge in [0.05, 0.1) is 11.1 Å². The molecule has 1 aliphatic carbocycles. The van der Waals surface area contributed by atoms with E-state index in [1.165, 1.54) is 19.1 Å². The molecule has 6 nitrogen and oxygen atoms in total. The summed E-state index contributed by atoms with van der Waals surface area (Å²) in [6, 6.07) is 5.98. The van der Waals surface area contributed by atoms with E-state index in [2.05, 4.69) is 0 Å². The van der Waals surface area contributed by atoms with Crippen molar-refractivity contribution in [3.63, 3.8) is 0 Å². The Morgan fingerprint density at radius 2 is 1.36 bits per heavy atom. The number of aromatic carboxylic acids is 1. The monoisotopic (exact) mass is 298 g/mol. The molecule has 0 bridgehead atoms. The second-order valence-electron chi connectivity index (χ2n) is 4.96. The maximum absolute atomic E-state index is 12.5. The van der Waals surface area contributed by atoms with Gasteiger partial charge in [-0.1, -0.05) is 24.3 Å². The van der Waals surface area contributed by atoms with Crippen molar-refractivity contribution < 1.29 is 29.7 Å². The molecule has 110 valence electrons. The largest absolute Gasteiger partial charge is 0.507 e. The molecule has 0 atom stereocenters. The van der Waals surface area contributed by atoms with Crippen molar-refractivity contribution in [3.05, 3.63) is 57.6 Å². The summed E-state index contributed by atoms with van der Waals surface area (Å²) in [6.45, 7) is 1.26. The van der Waals surface area contributed by atoms with Crippen molar-refractivity contribution in [1.82, 2.24) is 0 Å². The molecule has 3 N–H and O–H groups in total. The van der Waals surface area contributed by atoms with Gasteiger partial charge in [-0.2, -0.15) is 0 Å². The first-order valence-corrected chi connectivity index (χ1v) is 6.36. The Hall–Kier alpha value is -3.15. The average molecular weight is 298 g/mol. The summed E-state index contributed by atoms with van der Waals surface area (Å²) in [5.41, 5.74) is -1.40. The van der Waals surface area contributed by atoms with E-state index in [0.29, 0.717) is 0 Å². The fraction of sp³-hybridized carbons (Fsp3) is 0.0625. The van der Waals surface area contributed by atoms with Crippen LogP contribution in [-0.4, -0.2) is 32.9 Å². The number of benzene rings is 2. The minimum Gasteiger partial charge on any atom is -0.507 e. The zero-order chi connectivity index (χ0) is 16.2. The van der Waals surface area contributed by atoms with Gasteiger partial charge in [0.2, 0.25) is 0 Å². The topological polar surface area (TPSA) is 112 Å². The van der Waals surface area contributed by atoms with E-state index in [-0.39, 0.29) is 22.3 Å². The summed E-state index contributed by atoms with van der Waals surface area (Å²) in [4.78, 5) is 36.2. The van der Waals surface area contributed by atoms with Gasteiger partial charge < -0.3 is 15.3 Å². The lowest BCUT2D eigenvalue weighted by molar-refractivity contribution is 0.0691. The van der Waals surface area contributed by atoms with Crippen molar-refractivity contribution in [2.75, 3.05) is 0 Å². The number of phenols is 2. The maximum atomic E-state index is 12.5. The first kappa shape index (κ1) is 13.8. The van der Waals surface area contributed by atoms with E-state index in [0.717, 1.165) is 0 Å². The minimum atomic E-state index is -1.49. The van der Waals surface area contributed by atoms with Gasteiger partial charge >= 0.3 is 5.97 Å². The van der Waals surface area contributed by atoms with Crippen LogP contribution >= 0.6 is 0 Å². The smallest absolute Gasteiger partial charge is 0.339 e. The van der Waals surface area contributed by atoms with Crippen LogP contribution in [0.2, 0.25) is 0 Å². The Kier molecular flexibility index (Phi) is 2.78. The van der Waals surface area contributed by atoms with Gasteiger partial charge in [-0.15, -0.1) is 0 Å². The van der Waals surface area contributed by atoms with Gasteiger partial charge in [-0.05, 0) is 6.92 Å². The summed E-state index contributed by atoms with van der Waals surface area (Å²) in [7, 11) is 0. The fourth-order valence-corrected chi connectivity index (χ4v) is 2.70. The summed E-state index contributed by atoms with van der Waals surface area (Å²) in [5, 5.41) is 29.5. The molecule has 0 fully saturated rings. The van der Waals surface area contributed by atoms with Gasteiger partial charge in [0, 0.05) is 16.7 Å². The predicted octanol–water partition coefficient (Wildman–Crippen LogP) is 1.88. The molecule has 0 aliphatic heterocycles. The number of hydrogen-bond donors (Lipinski definition) is 3. The Bertz CT molecular complexity index is 879. The Balaban J connectivity index is 2.46. The quantitative estimate of drug-likeness (QED) is 0.591. The minimum absolute atomic E-state index is 0.0647. The Labute approximate surface area is 124 Å². The van der Waals surface area contributed by atoms with Gasteiger partial charge in [-0.25, -0.2) is 4.79 Å². The molecule has 0 spiro atoms. The van der Waals surface area contributed by atoms with Crippen molar-refractivity contribution in [3.8, 4) is 11.5 Å². The second kappa shape index (κ2) is 4.42. The van der Waals surface area contributed by atoms with Crippen LogP contribution in [0.25, 0.3) is 0 Å². The molecule has 0 unspecified atom stereocenters. The molecule has 0 heterocycles. The van der Waals surface area contributed by atoms with E-state index in [4.69, 9.17) is 5.11 Å². The van der Waals surface area contributed by atoms with Crippen LogP contribution in [0, 0.1) is 6.92 Å². The molecule has 0 amide bonds. The number of aromatic hydroxyl groups is 2. The van der Waals surface area contributed by atoms with Crippen LogP contribution in [-0.2, 0) is 0 Å². The van der Waals surface area contributed by atoms with Crippen LogP contribution in [0.15, 0.2) is 24.3 Å². The number of hydrogen-bond acceptors (Lipinski definition) is 5. The predicted molar refractivity (Wildman–Crippen MR) is 74.8 cm³/mol. The standard InChI is InChI=1S/C16H10O6/c1-6-9(16(21)22)15(20)11-10(12(6)17)13(18)7-4-2-3-5-8(7)14(11)19/h2-5,17,20H,1H3,(H,21,22). The molecule has 3 rings (SSSR count). The maximum Gasteiger partial charge on any atom is 0.339 e. The molecule has 0 saturated heterocycles. The van der Waals surface area contributed by atoms with Gasteiger partial charge in [-0.3, -0.25) is 9.59 Å². The first-order chi connectivity index (χ1) is 10.4. The summed E-state index contributed by atoms with van der Waals surface area (Å²) in [6.07, 6.45) is 0. The third-order valence-electron chi connectivity index (χ3n) is 3.77. The lowest BCUT2D eigenvalue weighted by Gasteiger charge is -2.21. The van der Waals surface area contributed by atoms with E-state index in [9.17, 15) is 24.6 Å². The van der Waals surface area contributed by atoms with E-state index in [1.807, 2.05) is 0 Å². The molecule has 6 heteroatoms. The number of rotatable bonds is 1. The Morgan fingerprint density at radius 1 is 0.909 bits per heavy atom. The first-order valence-electron chi connectivity index (χ1n) is 6.36. The van der Waals surface area contributed by atoms with Crippen LogP contribution in [0.3, 0.4) is 0 Å². The zero-order valence-corrected chi connectivity index (χ0v) is 11.4. The number of carboxylic acids is 1. The molecule has 2 aromatic carbocycles. The molecular formula is C16H10O6. The van der Waals surface area contributed by atoms with Gasteiger partial charge in [0.1, 0.15) is 17.1 Å². The van der Waals surface area contributed by atoms with Gasteiger partial charge in [0.25, 0.3) is 0 Å². The lowest BCUT2D eigenvalue weighted by atomic mass is 9.81. The molecule has 1 aliphatic rings. The molecule has 0 saturated carbocycles. The number of phenolic OH excluding ortho intramolecular Hbond substituents is 1. The normalized spacial score (nSPS) is 12.8. The van der Waals surface area contributed by atoms with Crippen LogP contribution in [0.4, 0.5) is 0 Å². The third kappa shape index (κ3) is 1.57. The number of ketones is 2. The number of carbonyl (C=O) groups is 3. The molecular weight excluding hydrogens is 288 g/mol. The highest BCUT2D eigenvalue weighted by Gasteiger charge is 2.37. The SMILES string of the molecule is Cc1c(O)c2c(c(O)c1C(=O)O)C(=O)c1ccccc1C2=O. The fourth-order valence-electron chi connectivity index (χ4n) is 2.70. The van der Waals surface area contributed by atoms with Crippen molar-refractivity contribution in [1.29, 1.82) is 0 Å². The summed E-state index contributed by atoms with van der Waals surface area (Å²) >= 11 is 0. The highest BCUT2D eigenvalue weighted by Crippen LogP contribution is 2.42. The van der Waals surface area contributed by atoms with E-state index in [1.54, 1.807) is 12.1 Å². The summed E-state index contributed by atoms with van der Waals surface area (Å²) < 4.78 is 0. The number of fused-ring (bicyclic) bond motifs is 2. The van der Waals surface area contributed by atoms with Crippen molar-refractivity contribution >= 4 is 17.5 Å². The molecule has 2 aromatic rings. The summed E-state index contributed by atoms with van der Waals surface area (Å²) in [5.74, 6) is -4.21. The van der Waals surface area contributed by atoms with Crippen molar-refractivity contribution in [2.24, 2.45) is 0 Å². The van der Waals surface area contributed by atoms with Crippen LogP contribution in [0.5, 0.6) is 11.5 Å². The van der Waals surface area contributed by atoms with Gasteiger partial charge in [0.15, 0.2) is 11.6 Å². The van der Waals surface area contributed by atoms with Crippen LogP contribution < -0.4 is 0 Å². The lowest BCUT2D eigenvalue weighted by Crippen LogP contribution is -2.22. The Morgan fingerprint density at radius 3 is 1.82 bits per heavy atom.